The maximum absolute atomic E-state index is 5.51. The van der Waals surface area contributed by atoms with E-state index in [9.17, 15) is 0 Å². The van der Waals surface area contributed by atoms with Crippen molar-refractivity contribution in [3.63, 3.8) is 0 Å². The Hall–Kier alpha value is -1.90. The summed E-state index contributed by atoms with van der Waals surface area (Å²) in [7, 11) is 0. The minimum atomic E-state index is 0.536. The Kier molecular flexibility index (Phi) is 2.14. The molecule has 0 atom stereocenters. The molecule has 2 heterocycles. The third kappa shape index (κ3) is 1.71. The van der Waals surface area contributed by atoms with E-state index in [1.54, 1.807) is 12.3 Å². The van der Waals surface area contributed by atoms with Crippen LogP contribution in [0.1, 0.15) is 5.56 Å². The smallest absolute Gasteiger partial charge is 0.123 e. The van der Waals surface area contributed by atoms with Crippen molar-refractivity contribution >= 4 is 5.82 Å². The van der Waals surface area contributed by atoms with Gasteiger partial charge in [0, 0.05) is 29.7 Å². The quantitative estimate of drug-likeness (QED) is 0.739. The average Bonchev–Trinajstić information content (AvgIpc) is 2.19. The first-order valence-electron chi connectivity index (χ1n) is 4.39. The molecule has 0 aliphatic rings. The van der Waals surface area contributed by atoms with Gasteiger partial charge in [-0.05, 0) is 30.7 Å². The van der Waals surface area contributed by atoms with Gasteiger partial charge in [0.1, 0.15) is 5.82 Å². The van der Waals surface area contributed by atoms with Gasteiger partial charge in [-0.2, -0.15) is 0 Å². The van der Waals surface area contributed by atoms with Gasteiger partial charge in [-0.15, -0.1) is 0 Å². The molecule has 14 heavy (non-hydrogen) atoms. The number of rotatable bonds is 1. The second-order valence-corrected chi connectivity index (χ2v) is 3.22. The van der Waals surface area contributed by atoms with Gasteiger partial charge in [0.25, 0.3) is 0 Å². The number of hydrogen-bond acceptors (Lipinski definition) is 3. The molecular weight excluding hydrogens is 174 g/mol. The molecule has 2 aromatic heterocycles. The van der Waals surface area contributed by atoms with Crippen LogP contribution < -0.4 is 5.73 Å². The van der Waals surface area contributed by atoms with E-state index in [-0.39, 0.29) is 0 Å². The summed E-state index contributed by atoms with van der Waals surface area (Å²) in [5.74, 6) is 0.536. The maximum atomic E-state index is 5.51. The summed E-state index contributed by atoms with van der Waals surface area (Å²) in [5.41, 5.74) is 8.75. The van der Waals surface area contributed by atoms with Crippen molar-refractivity contribution in [2.24, 2.45) is 0 Å². The lowest BCUT2D eigenvalue weighted by Gasteiger charge is -2.01. The molecule has 2 N–H and O–H groups in total. The van der Waals surface area contributed by atoms with Gasteiger partial charge in [-0.25, -0.2) is 4.98 Å². The highest BCUT2D eigenvalue weighted by Gasteiger charge is 1.98. The summed E-state index contributed by atoms with van der Waals surface area (Å²) in [6.07, 6.45) is 5.40. The molecule has 0 aromatic carbocycles. The van der Waals surface area contributed by atoms with E-state index in [1.165, 1.54) is 0 Å². The molecule has 0 aliphatic heterocycles. The Morgan fingerprint density at radius 2 is 1.93 bits per heavy atom. The summed E-state index contributed by atoms with van der Waals surface area (Å²) in [4.78, 5) is 8.16. The Morgan fingerprint density at radius 3 is 2.57 bits per heavy atom. The Morgan fingerprint density at radius 1 is 1.07 bits per heavy atom. The molecule has 3 heteroatoms. The maximum Gasteiger partial charge on any atom is 0.123 e. The highest BCUT2D eigenvalue weighted by molar-refractivity contribution is 5.62. The number of nitrogen functional groups attached to an aromatic ring is 1. The Balaban J connectivity index is 2.44. The Labute approximate surface area is 82.6 Å². The zero-order valence-corrected chi connectivity index (χ0v) is 7.94. The minimum absolute atomic E-state index is 0.536. The van der Waals surface area contributed by atoms with E-state index in [0.717, 1.165) is 16.7 Å². The minimum Gasteiger partial charge on any atom is -0.384 e. The molecule has 0 radical (unpaired) electrons. The van der Waals surface area contributed by atoms with Crippen LogP contribution in [0, 0.1) is 6.92 Å². The van der Waals surface area contributed by atoms with Crippen LogP contribution in [0.25, 0.3) is 11.1 Å². The van der Waals surface area contributed by atoms with Crippen LogP contribution in [0.3, 0.4) is 0 Å². The topological polar surface area (TPSA) is 51.8 Å². The highest BCUT2D eigenvalue weighted by atomic mass is 14.8. The fraction of sp³-hybridized carbons (Fsp3) is 0.0909. The summed E-state index contributed by atoms with van der Waals surface area (Å²) in [6, 6.07) is 5.80. The number of aromatic nitrogens is 2. The van der Waals surface area contributed by atoms with Crippen molar-refractivity contribution in [1.29, 1.82) is 0 Å². The zero-order chi connectivity index (χ0) is 9.97. The van der Waals surface area contributed by atoms with Crippen molar-refractivity contribution in [1.82, 2.24) is 9.97 Å². The first kappa shape index (κ1) is 8.69. The van der Waals surface area contributed by atoms with Crippen LogP contribution in [0.15, 0.2) is 36.8 Å². The molecule has 0 bridgehead atoms. The van der Waals surface area contributed by atoms with E-state index in [0.29, 0.717) is 5.82 Å². The third-order valence-electron chi connectivity index (χ3n) is 1.99. The third-order valence-corrected chi connectivity index (χ3v) is 1.99. The number of hydrogen-bond donors (Lipinski definition) is 1. The monoisotopic (exact) mass is 185 g/mol. The van der Waals surface area contributed by atoms with Crippen LogP contribution in [-0.2, 0) is 0 Å². The predicted molar refractivity (Wildman–Crippen MR) is 56.6 cm³/mol. The van der Waals surface area contributed by atoms with E-state index < -0.39 is 0 Å². The molecule has 2 rings (SSSR count). The largest absolute Gasteiger partial charge is 0.384 e. The predicted octanol–water partition coefficient (Wildman–Crippen LogP) is 2.03. The molecule has 0 amide bonds. The summed E-state index contributed by atoms with van der Waals surface area (Å²) >= 11 is 0. The molecule has 0 fully saturated rings. The second-order valence-electron chi connectivity index (χ2n) is 3.22. The fourth-order valence-corrected chi connectivity index (χ4v) is 1.29. The normalized spacial score (nSPS) is 10.1. The van der Waals surface area contributed by atoms with Crippen LogP contribution in [0.5, 0.6) is 0 Å². The lowest BCUT2D eigenvalue weighted by molar-refractivity contribution is 1.26. The second kappa shape index (κ2) is 3.46. The van der Waals surface area contributed by atoms with Gasteiger partial charge in [0.15, 0.2) is 0 Å². The van der Waals surface area contributed by atoms with E-state index in [4.69, 9.17) is 5.73 Å². The summed E-state index contributed by atoms with van der Waals surface area (Å²) < 4.78 is 0. The van der Waals surface area contributed by atoms with Crippen molar-refractivity contribution in [2.45, 2.75) is 6.92 Å². The molecule has 0 aliphatic carbocycles. The SMILES string of the molecule is Cc1cncc(-c2ccc(N)nc2)c1. The van der Waals surface area contributed by atoms with E-state index >= 15 is 0 Å². The van der Waals surface area contributed by atoms with Crippen LogP contribution in [0.2, 0.25) is 0 Å². The number of nitrogens with two attached hydrogens (primary N) is 1. The van der Waals surface area contributed by atoms with Gasteiger partial charge in [0.05, 0.1) is 0 Å². The molecule has 0 saturated carbocycles. The van der Waals surface area contributed by atoms with Crippen LogP contribution >= 0.6 is 0 Å². The molecule has 70 valence electrons. The molecular formula is C11H11N3. The van der Waals surface area contributed by atoms with Crippen molar-refractivity contribution in [3.8, 4) is 11.1 Å². The van der Waals surface area contributed by atoms with Gasteiger partial charge in [-0.1, -0.05) is 0 Å². The molecule has 0 unspecified atom stereocenters. The number of anilines is 1. The van der Waals surface area contributed by atoms with Gasteiger partial charge >= 0.3 is 0 Å². The van der Waals surface area contributed by atoms with Crippen LogP contribution in [-0.4, -0.2) is 9.97 Å². The first-order valence-corrected chi connectivity index (χ1v) is 4.39. The fourth-order valence-electron chi connectivity index (χ4n) is 1.29. The van der Waals surface area contributed by atoms with Crippen molar-refractivity contribution in [3.05, 3.63) is 42.4 Å². The average molecular weight is 185 g/mol. The van der Waals surface area contributed by atoms with Crippen molar-refractivity contribution < 1.29 is 0 Å². The standard InChI is InChI=1S/C11H11N3/c1-8-4-10(6-13-5-8)9-2-3-11(12)14-7-9/h2-7H,1H3,(H2,12,14). The van der Waals surface area contributed by atoms with E-state index in [2.05, 4.69) is 16.0 Å². The summed E-state index contributed by atoms with van der Waals surface area (Å²) in [6.45, 7) is 2.02. The lowest BCUT2D eigenvalue weighted by Crippen LogP contribution is -1.89. The van der Waals surface area contributed by atoms with Gasteiger partial charge < -0.3 is 5.73 Å². The van der Waals surface area contributed by atoms with Crippen molar-refractivity contribution in [2.75, 3.05) is 5.73 Å². The Bertz CT molecular complexity index is 435. The molecule has 0 saturated heterocycles. The molecule has 2 aromatic rings. The first-order chi connectivity index (χ1) is 6.75. The van der Waals surface area contributed by atoms with Crippen LogP contribution in [0.4, 0.5) is 5.82 Å². The summed E-state index contributed by atoms with van der Waals surface area (Å²) in [5, 5.41) is 0. The molecule has 3 nitrogen and oxygen atoms in total. The molecule has 0 spiro atoms. The van der Waals surface area contributed by atoms with Gasteiger partial charge in [0.2, 0.25) is 0 Å². The van der Waals surface area contributed by atoms with Gasteiger partial charge in [-0.3, -0.25) is 4.98 Å². The van der Waals surface area contributed by atoms with E-state index in [1.807, 2.05) is 25.4 Å². The number of aryl methyl sites for hydroxylation is 1. The highest BCUT2D eigenvalue weighted by Crippen LogP contribution is 2.18. The number of pyridine rings is 2. The zero-order valence-electron chi connectivity index (χ0n) is 7.94. The lowest BCUT2D eigenvalue weighted by atomic mass is 10.1. The number of nitrogens with zero attached hydrogens (tertiary/aromatic N) is 2.